The van der Waals surface area contributed by atoms with E-state index in [4.69, 9.17) is 0 Å². The fourth-order valence-corrected chi connectivity index (χ4v) is 3.95. The van der Waals surface area contributed by atoms with Crippen molar-refractivity contribution in [3.8, 4) is 0 Å². The fourth-order valence-electron chi connectivity index (χ4n) is 3.95. The van der Waals surface area contributed by atoms with Crippen LogP contribution < -0.4 is 10.3 Å². The number of carbonyl (C=O) groups is 1. The molecular formula is C22H31N2O+. The lowest BCUT2D eigenvalue weighted by Gasteiger charge is -2.28. The number of carbonyl (C=O) groups excluding carboxylic acids is 1. The summed E-state index contributed by atoms with van der Waals surface area (Å²) in [4.78, 5) is 16.4. The first kappa shape index (κ1) is 17.9. The number of para-hydroxylation sites is 1. The molecule has 1 aliphatic carbocycles. The van der Waals surface area contributed by atoms with Crippen molar-refractivity contribution in [2.24, 2.45) is 5.41 Å². The molecule has 0 fully saturated rings. The van der Waals surface area contributed by atoms with Crippen LogP contribution in [0.3, 0.4) is 0 Å². The summed E-state index contributed by atoms with van der Waals surface area (Å²) in [7, 11) is 0. The van der Waals surface area contributed by atoms with Crippen molar-refractivity contribution in [2.75, 3.05) is 11.9 Å². The van der Waals surface area contributed by atoms with E-state index in [1.807, 2.05) is 6.07 Å². The highest BCUT2D eigenvalue weighted by atomic mass is 16.1. The summed E-state index contributed by atoms with van der Waals surface area (Å²) in [6.07, 6.45) is 7.83. The van der Waals surface area contributed by atoms with Gasteiger partial charge >= 0.3 is 0 Å². The second-order valence-electron chi connectivity index (χ2n) is 8.18. The van der Waals surface area contributed by atoms with Crippen LogP contribution in [0.15, 0.2) is 24.3 Å². The highest BCUT2D eigenvalue weighted by Gasteiger charge is 2.37. The molecule has 1 aromatic heterocycles. The van der Waals surface area contributed by atoms with Crippen molar-refractivity contribution in [1.29, 1.82) is 0 Å². The van der Waals surface area contributed by atoms with E-state index in [0.717, 1.165) is 47.2 Å². The van der Waals surface area contributed by atoms with Gasteiger partial charge in [-0.25, -0.2) is 4.98 Å². The minimum atomic E-state index is 0.0282. The predicted octanol–water partition coefficient (Wildman–Crippen LogP) is 5.19. The third-order valence-electron chi connectivity index (χ3n) is 5.19. The van der Waals surface area contributed by atoms with E-state index in [1.165, 1.54) is 25.7 Å². The van der Waals surface area contributed by atoms with Gasteiger partial charge in [-0.05, 0) is 17.9 Å². The summed E-state index contributed by atoms with van der Waals surface area (Å²) < 4.78 is 0. The second-order valence-corrected chi connectivity index (χ2v) is 8.18. The zero-order chi connectivity index (χ0) is 17.9. The first-order valence-electron chi connectivity index (χ1n) is 9.76. The summed E-state index contributed by atoms with van der Waals surface area (Å²) in [5, 5.41) is 4.74. The van der Waals surface area contributed by atoms with Crippen molar-refractivity contribution in [3.63, 3.8) is 0 Å². The second kappa shape index (κ2) is 7.55. The number of aromatic nitrogens is 1. The Labute approximate surface area is 151 Å². The number of aromatic amines is 1. The Morgan fingerprint density at radius 3 is 2.64 bits per heavy atom. The maximum absolute atomic E-state index is 12.9. The Balaban J connectivity index is 1.90. The Morgan fingerprint density at radius 2 is 1.84 bits per heavy atom. The monoisotopic (exact) mass is 339 g/mol. The number of ketones is 1. The Hall–Kier alpha value is -1.90. The molecule has 0 saturated carbocycles. The maximum Gasteiger partial charge on any atom is 0.213 e. The van der Waals surface area contributed by atoms with E-state index < -0.39 is 0 Å². The number of rotatable bonds is 7. The number of fused-ring (bicyclic) bond motifs is 2. The number of nitrogens with one attached hydrogen (secondary N) is 2. The van der Waals surface area contributed by atoms with Crippen LogP contribution in [0.1, 0.15) is 75.3 Å². The molecule has 2 N–H and O–H groups in total. The largest absolute Gasteiger partial charge is 0.384 e. The Kier molecular flexibility index (Phi) is 5.41. The van der Waals surface area contributed by atoms with E-state index in [-0.39, 0.29) is 11.2 Å². The van der Waals surface area contributed by atoms with Gasteiger partial charge in [0.1, 0.15) is 5.56 Å². The molecule has 134 valence electrons. The quantitative estimate of drug-likeness (QED) is 0.705. The maximum atomic E-state index is 12.9. The van der Waals surface area contributed by atoms with Crippen LogP contribution in [0, 0.1) is 5.41 Å². The third-order valence-corrected chi connectivity index (χ3v) is 5.19. The van der Waals surface area contributed by atoms with Gasteiger partial charge in [-0.2, -0.15) is 0 Å². The third kappa shape index (κ3) is 4.02. The zero-order valence-electron chi connectivity index (χ0n) is 15.9. The van der Waals surface area contributed by atoms with Gasteiger partial charge < -0.3 is 5.32 Å². The summed E-state index contributed by atoms with van der Waals surface area (Å²) in [5.74, 6) is 0.265. The predicted molar refractivity (Wildman–Crippen MR) is 104 cm³/mol. The number of unbranched alkanes of at least 4 members (excludes halogenated alkanes) is 4. The number of anilines is 1. The van der Waals surface area contributed by atoms with Crippen molar-refractivity contribution < 1.29 is 9.78 Å². The average molecular weight is 340 g/mol. The van der Waals surface area contributed by atoms with Crippen LogP contribution in [-0.4, -0.2) is 12.3 Å². The molecule has 0 radical (unpaired) electrons. The number of benzene rings is 1. The summed E-state index contributed by atoms with van der Waals surface area (Å²) in [6.45, 7) is 7.53. The van der Waals surface area contributed by atoms with Crippen LogP contribution in [0.25, 0.3) is 10.9 Å². The van der Waals surface area contributed by atoms with Crippen LogP contribution in [0.5, 0.6) is 0 Å². The van der Waals surface area contributed by atoms with Gasteiger partial charge in [-0.1, -0.05) is 58.6 Å². The fraction of sp³-hybridized carbons (Fsp3) is 0.545. The van der Waals surface area contributed by atoms with E-state index in [1.54, 1.807) is 0 Å². The van der Waals surface area contributed by atoms with Crippen LogP contribution in [0.2, 0.25) is 0 Å². The van der Waals surface area contributed by atoms with Gasteiger partial charge in [-0.3, -0.25) is 4.79 Å². The molecule has 0 saturated heterocycles. The summed E-state index contributed by atoms with van der Waals surface area (Å²) in [6, 6.07) is 8.31. The molecule has 1 heterocycles. The lowest BCUT2D eigenvalue weighted by Crippen LogP contribution is -2.33. The van der Waals surface area contributed by atoms with Gasteiger partial charge in [-0.15, -0.1) is 0 Å². The number of hydrogen-bond donors (Lipinski definition) is 1. The first-order chi connectivity index (χ1) is 12.0. The molecule has 3 rings (SSSR count). The molecule has 1 aromatic carbocycles. The number of hydrogen-bond acceptors (Lipinski definition) is 2. The molecular weight excluding hydrogens is 308 g/mol. The van der Waals surface area contributed by atoms with E-state index in [9.17, 15) is 4.79 Å². The van der Waals surface area contributed by atoms with Crippen molar-refractivity contribution in [3.05, 3.63) is 35.5 Å². The number of pyridine rings is 1. The van der Waals surface area contributed by atoms with Crippen molar-refractivity contribution in [1.82, 2.24) is 0 Å². The minimum Gasteiger partial charge on any atom is -0.384 e. The van der Waals surface area contributed by atoms with Gasteiger partial charge in [0.25, 0.3) is 0 Å². The molecule has 0 amide bonds. The molecule has 25 heavy (non-hydrogen) atoms. The van der Waals surface area contributed by atoms with Crippen LogP contribution >= 0.6 is 0 Å². The highest BCUT2D eigenvalue weighted by Crippen LogP contribution is 2.38. The molecule has 0 unspecified atom stereocenters. The molecule has 0 atom stereocenters. The minimum absolute atomic E-state index is 0.0282. The van der Waals surface area contributed by atoms with Gasteiger partial charge in [0.05, 0.1) is 11.1 Å². The van der Waals surface area contributed by atoms with Gasteiger partial charge in [0.2, 0.25) is 5.52 Å². The van der Waals surface area contributed by atoms with E-state index in [2.05, 4.69) is 49.3 Å². The summed E-state index contributed by atoms with van der Waals surface area (Å²) in [5.41, 5.74) is 4.17. The number of Topliss-reactive ketones (excluding diaryl/α,β-unsaturated/α-hetero) is 1. The Morgan fingerprint density at radius 1 is 1.08 bits per heavy atom. The van der Waals surface area contributed by atoms with E-state index >= 15 is 0 Å². The van der Waals surface area contributed by atoms with Crippen molar-refractivity contribution in [2.45, 2.75) is 65.7 Å². The lowest BCUT2D eigenvalue weighted by atomic mass is 9.75. The standard InChI is InChI=1S/C22H30N2O/c1-4-5-6-7-10-13-23-21-16-11-8-9-12-17(16)24-18-14-22(2,3)15-19(25)20(18)21/h8-9,11-12H,4-7,10,13-15H2,1-3H3,(H,23,24)/p+1. The summed E-state index contributed by atoms with van der Waals surface area (Å²) >= 11 is 0. The SMILES string of the molecule is CCCCCCCNc1c2c([nH+]c3ccccc13)CC(C)(C)CC2=O. The number of H-pyrrole nitrogens is 1. The normalized spacial score (nSPS) is 16.0. The zero-order valence-corrected chi connectivity index (χ0v) is 15.9. The van der Waals surface area contributed by atoms with E-state index in [0.29, 0.717) is 6.42 Å². The molecule has 2 aromatic rings. The topological polar surface area (TPSA) is 43.2 Å². The molecule has 0 bridgehead atoms. The smallest absolute Gasteiger partial charge is 0.213 e. The molecule has 0 aliphatic heterocycles. The Bertz CT molecular complexity index is 764. The van der Waals surface area contributed by atoms with Gasteiger partial charge in [0.15, 0.2) is 11.5 Å². The highest BCUT2D eigenvalue weighted by molar-refractivity contribution is 6.09. The van der Waals surface area contributed by atoms with Crippen LogP contribution in [-0.2, 0) is 6.42 Å². The van der Waals surface area contributed by atoms with Crippen molar-refractivity contribution >= 4 is 22.4 Å². The van der Waals surface area contributed by atoms with Crippen LogP contribution in [0.4, 0.5) is 5.69 Å². The average Bonchev–Trinajstić information content (AvgIpc) is 2.55. The van der Waals surface area contributed by atoms with Gasteiger partial charge in [0, 0.05) is 25.5 Å². The lowest BCUT2D eigenvalue weighted by molar-refractivity contribution is -0.360. The molecule has 0 spiro atoms. The first-order valence-corrected chi connectivity index (χ1v) is 9.76. The molecule has 3 heteroatoms. The molecule has 1 aliphatic rings. The molecule has 3 nitrogen and oxygen atoms in total.